The molecule has 2 aliphatic heterocycles. The predicted molar refractivity (Wildman–Crippen MR) is 63.9 cm³/mol. The minimum absolute atomic E-state index is 0.00928. The van der Waals surface area contributed by atoms with Crippen molar-refractivity contribution in [3.05, 3.63) is 0 Å². The maximum Gasteiger partial charge on any atom is 0.240 e. The first kappa shape index (κ1) is 11.3. The van der Waals surface area contributed by atoms with Crippen molar-refractivity contribution in [2.24, 2.45) is 0 Å². The monoisotopic (exact) mass is 228 g/mol. The molecule has 2 saturated heterocycles. The van der Waals surface area contributed by atoms with Crippen LogP contribution in [0, 0.1) is 0 Å². The lowest BCUT2D eigenvalue weighted by Gasteiger charge is -2.33. The zero-order valence-corrected chi connectivity index (χ0v) is 10.2. The minimum Gasteiger partial charge on any atom is -0.329 e. The second-order valence-electron chi connectivity index (χ2n) is 4.38. The fourth-order valence-electron chi connectivity index (χ4n) is 2.27. The largest absolute Gasteiger partial charge is 0.329 e. The molecule has 0 aromatic rings. The third-order valence-electron chi connectivity index (χ3n) is 3.18. The summed E-state index contributed by atoms with van der Waals surface area (Å²) in [4.78, 5) is 14.2. The Bertz CT molecular complexity index is 229. The molecule has 2 fully saturated rings. The molecule has 86 valence electrons. The summed E-state index contributed by atoms with van der Waals surface area (Å²) in [6, 6.07) is 0.00928. The quantitative estimate of drug-likeness (QED) is 0.737. The number of hydrogen-bond donors (Lipinski definition) is 1. The summed E-state index contributed by atoms with van der Waals surface area (Å²) >= 11 is 1.96. The van der Waals surface area contributed by atoms with Crippen molar-refractivity contribution in [1.29, 1.82) is 0 Å². The Kier molecular flexibility index (Phi) is 3.92. The average Bonchev–Trinajstić information content (AvgIpc) is 2.44. The summed E-state index contributed by atoms with van der Waals surface area (Å²) in [7, 11) is 0. The molecular weight excluding hydrogens is 208 g/mol. The molecule has 0 aromatic carbocycles. The average molecular weight is 228 g/mol. The van der Waals surface area contributed by atoms with Crippen LogP contribution < -0.4 is 5.32 Å². The summed E-state index contributed by atoms with van der Waals surface area (Å²) in [5, 5.41) is 3.72. The Morgan fingerprint density at radius 1 is 1.40 bits per heavy atom. The van der Waals surface area contributed by atoms with Gasteiger partial charge in [0.2, 0.25) is 5.91 Å². The number of hydrogen-bond acceptors (Lipinski definition) is 3. The van der Waals surface area contributed by atoms with E-state index in [1.54, 1.807) is 0 Å². The van der Waals surface area contributed by atoms with Gasteiger partial charge >= 0.3 is 0 Å². The second kappa shape index (κ2) is 5.21. The molecule has 0 spiro atoms. The van der Waals surface area contributed by atoms with Gasteiger partial charge in [-0.3, -0.25) is 4.79 Å². The molecule has 2 rings (SSSR count). The fraction of sp³-hybridized carbons (Fsp3) is 0.909. The van der Waals surface area contributed by atoms with E-state index in [4.69, 9.17) is 0 Å². The van der Waals surface area contributed by atoms with E-state index in [0.717, 1.165) is 19.5 Å². The first-order valence-electron chi connectivity index (χ1n) is 5.94. The first-order chi connectivity index (χ1) is 7.29. The molecule has 0 bridgehead atoms. The molecule has 1 amide bonds. The van der Waals surface area contributed by atoms with Gasteiger partial charge in [0.05, 0.1) is 11.4 Å². The van der Waals surface area contributed by atoms with Gasteiger partial charge in [-0.15, -0.1) is 11.8 Å². The van der Waals surface area contributed by atoms with E-state index in [1.807, 2.05) is 18.7 Å². The highest BCUT2D eigenvalue weighted by Crippen LogP contribution is 2.28. The lowest BCUT2D eigenvalue weighted by molar-refractivity contribution is -0.133. The normalized spacial score (nSPS) is 33.9. The van der Waals surface area contributed by atoms with Crippen molar-refractivity contribution in [2.75, 3.05) is 18.8 Å². The van der Waals surface area contributed by atoms with Crippen molar-refractivity contribution in [1.82, 2.24) is 10.2 Å². The molecule has 0 saturated carbocycles. The number of carbonyl (C=O) groups is 1. The number of amides is 1. The van der Waals surface area contributed by atoms with Crippen LogP contribution in [0.15, 0.2) is 0 Å². The highest BCUT2D eigenvalue weighted by molar-refractivity contribution is 7.99. The van der Waals surface area contributed by atoms with Gasteiger partial charge in [-0.25, -0.2) is 0 Å². The molecule has 2 atom stereocenters. The van der Waals surface area contributed by atoms with Crippen LogP contribution >= 0.6 is 11.8 Å². The Morgan fingerprint density at radius 3 is 3.00 bits per heavy atom. The van der Waals surface area contributed by atoms with Crippen molar-refractivity contribution in [3.63, 3.8) is 0 Å². The van der Waals surface area contributed by atoms with Crippen LogP contribution in [0.1, 0.15) is 32.6 Å². The molecule has 3 nitrogen and oxygen atoms in total. The van der Waals surface area contributed by atoms with Crippen LogP contribution in [0.5, 0.6) is 0 Å². The van der Waals surface area contributed by atoms with E-state index in [1.165, 1.54) is 25.0 Å². The number of nitrogens with zero attached hydrogens (tertiary/aromatic N) is 1. The van der Waals surface area contributed by atoms with Crippen LogP contribution in [0.3, 0.4) is 0 Å². The SMILES string of the molecule is CC1NCCCN(C2CCCCS2)C1=O. The molecule has 2 heterocycles. The van der Waals surface area contributed by atoms with Gasteiger partial charge in [0.15, 0.2) is 0 Å². The summed E-state index contributed by atoms with van der Waals surface area (Å²) in [5.41, 5.74) is 0. The zero-order chi connectivity index (χ0) is 10.7. The lowest BCUT2D eigenvalue weighted by Crippen LogP contribution is -2.46. The molecule has 2 unspecified atom stereocenters. The lowest BCUT2D eigenvalue weighted by atomic mass is 10.2. The Labute approximate surface area is 96.0 Å². The predicted octanol–water partition coefficient (Wildman–Crippen LogP) is 1.44. The standard InChI is InChI=1S/C11H20N2OS/c1-9-11(14)13(7-4-6-12-9)10-5-2-3-8-15-10/h9-10,12H,2-8H2,1H3. The van der Waals surface area contributed by atoms with Gasteiger partial charge in [0.1, 0.15) is 0 Å². The highest BCUT2D eigenvalue weighted by atomic mass is 32.2. The molecule has 0 aliphatic carbocycles. The van der Waals surface area contributed by atoms with Crippen molar-refractivity contribution >= 4 is 17.7 Å². The topological polar surface area (TPSA) is 32.3 Å². The molecule has 1 N–H and O–H groups in total. The Morgan fingerprint density at radius 2 is 2.27 bits per heavy atom. The maximum absolute atomic E-state index is 12.1. The summed E-state index contributed by atoms with van der Waals surface area (Å²) < 4.78 is 0. The molecular formula is C11H20N2OS. The molecule has 0 radical (unpaired) electrons. The Balaban J connectivity index is 2.00. The Hall–Kier alpha value is -0.220. The van der Waals surface area contributed by atoms with Crippen LogP contribution in [0.2, 0.25) is 0 Å². The molecule has 2 aliphatic rings. The van der Waals surface area contributed by atoms with E-state index in [2.05, 4.69) is 10.2 Å². The van der Waals surface area contributed by atoms with E-state index in [0.29, 0.717) is 11.3 Å². The van der Waals surface area contributed by atoms with Gasteiger partial charge in [-0.1, -0.05) is 0 Å². The molecule has 15 heavy (non-hydrogen) atoms. The number of rotatable bonds is 1. The summed E-state index contributed by atoms with van der Waals surface area (Å²) in [5.74, 6) is 1.52. The maximum atomic E-state index is 12.1. The van der Waals surface area contributed by atoms with Gasteiger partial charge in [-0.05, 0) is 44.9 Å². The zero-order valence-electron chi connectivity index (χ0n) is 9.37. The van der Waals surface area contributed by atoms with Gasteiger partial charge in [-0.2, -0.15) is 0 Å². The van der Waals surface area contributed by atoms with Crippen molar-refractivity contribution < 1.29 is 4.79 Å². The summed E-state index contributed by atoms with van der Waals surface area (Å²) in [6.07, 6.45) is 4.87. The number of thioether (sulfide) groups is 1. The van der Waals surface area contributed by atoms with Crippen LogP contribution in [0.4, 0.5) is 0 Å². The first-order valence-corrected chi connectivity index (χ1v) is 6.99. The number of carbonyl (C=O) groups excluding carboxylic acids is 1. The van der Waals surface area contributed by atoms with Crippen LogP contribution in [-0.4, -0.2) is 41.1 Å². The van der Waals surface area contributed by atoms with E-state index >= 15 is 0 Å². The third-order valence-corrected chi connectivity index (χ3v) is 4.58. The smallest absolute Gasteiger partial charge is 0.240 e. The van der Waals surface area contributed by atoms with Crippen LogP contribution in [0.25, 0.3) is 0 Å². The summed E-state index contributed by atoms with van der Waals surface area (Å²) in [6.45, 7) is 3.89. The highest BCUT2D eigenvalue weighted by Gasteiger charge is 2.29. The van der Waals surface area contributed by atoms with E-state index < -0.39 is 0 Å². The van der Waals surface area contributed by atoms with Gasteiger partial charge in [0, 0.05) is 6.54 Å². The second-order valence-corrected chi connectivity index (χ2v) is 5.67. The third kappa shape index (κ3) is 2.67. The van der Waals surface area contributed by atoms with Crippen molar-refractivity contribution in [3.8, 4) is 0 Å². The van der Waals surface area contributed by atoms with Gasteiger partial charge < -0.3 is 10.2 Å². The molecule has 4 heteroatoms. The minimum atomic E-state index is 0.00928. The van der Waals surface area contributed by atoms with Crippen molar-refractivity contribution in [2.45, 2.75) is 44.0 Å². The number of nitrogens with one attached hydrogen (secondary N) is 1. The fourth-order valence-corrected chi connectivity index (χ4v) is 3.64. The molecule has 0 aromatic heterocycles. The van der Waals surface area contributed by atoms with E-state index in [9.17, 15) is 4.79 Å². The van der Waals surface area contributed by atoms with E-state index in [-0.39, 0.29) is 6.04 Å². The van der Waals surface area contributed by atoms with Gasteiger partial charge in [0.25, 0.3) is 0 Å². The van der Waals surface area contributed by atoms with Crippen LogP contribution in [-0.2, 0) is 4.79 Å².